The lowest BCUT2D eigenvalue weighted by Gasteiger charge is -2.03. The molecule has 0 saturated carbocycles. The monoisotopic (exact) mass is 432 g/mol. The van der Waals surface area contributed by atoms with Crippen molar-refractivity contribution in [2.24, 2.45) is 17.3 Å². The first kappa shape index (κ1) is 18.5. The molecular weight excluding hydrogens is 420 g/mol. The lowest BCUT2D eigenvalue weighted by atomic mass is 10.2. The molecule has 0 aliphatic heterocycles. The van der Waals surface area contributed by atoms with E-state index < -0.39 is 17.4 Å². The summed E-state index contributed by atoms with van der Waals surface area (Å²) in [5.74, 6) is -0.929. The third kappa shape index (κ3) is 3.80. The van der Waals surface area contributed by atoms with Gasteiger partial charge in [-0.05, 0) is 24.3 Å². The van der Waals surface area contributed by atoms with Gasteiger partial charge in [0.1, 0.15) is 0 Å². The molecule has 1 N–H and O–H groups in total. The van der Waals surface area contributed by atoms with Gasteiger partial charge in [-0.3, -0.25) is 14.9 Å². The number of hydrogen-bond acceptors (Lipinski definition) is 6. The minimum absolute atomic E-state index is 0.0389. The predicted molar refractivity (Wildman–Crippen MR) is 100 cm³/mol. The number of carbonyl (C=O) groups is 1. The molecule has 10 heteroatoms. The molecule has 1 heterocycles. The van der Waals surface area contributed by atoms with Gasteiger partial charge >= 0.3 is 11.6 Å². The fourth-order valence-electron chi connectivity index (χ4n) is 2.49. The van der Waals surface area contributed by atoms with Gasteiger partial charge in [0, 0.05) is 23.0 Å². The SMILES string of the molecule is Cn1c(O)c(N=NC(=O)COc2ccccc2[N+](=O)[O-])c2cc(Br)ccc21. The van der Waals surface area contributed by atoms with E-state index in [9.17, 15) is 20.0 Å². The summed E-state index contributed by atoms with van der Waals surface area (Å²) in [5, 5.41) is 29.1. The number of azo groups is 1. The zero-order valence-electron chi connectivity index (χ0n) is 14.0. The zero-order valence-corrected chi connectivity index (χ0v) is 15.6. The third-order valence-electron chi connectivity index (χ3n) is 3.78. The highest BCUT2D eigenvalue weighted by atomic mass is 79.9. The molecule has 9 nitrogen and oxygen atoms in total. The molecule has 3 rings (SSSR count). The summed E-state index contributed by atoms with van der Waals surface area (Å²) < 4.78 is 7.47. The fraction of sp³-hybridized carbons (Fsp3) is 0.118. The number of benzene rings is 2. The van der Waals surface area contributed by atoms with Crippen LogP contribution in [0, 0.1) is 10.1 Å². The zero-order chi connectivity index (χ0) is 19.6. The number of ether oxygens (including phenoxy) is 1. The van der Waals surface area contributed by atoms with Crippen LogP contribution in [0.2, 0.25) is 0 Å². The van der Waals surface area contributed by atoms with E-state index in [2.05, 4.69) is 26.2 Å². The molecule has 0 radical (unpaired) electrons. The van der Waals surface area contributed by atoms with Crippen LogP contribution in [-0.2, 0) is 11.8 Å². The summed E-state index contributed by atoms with van der Waals surface area (Å²) in [6, 6.07) is 11.1. The van der Waals surface area contributed by atoms with Crippen molar-refractivity contribution < 1.29 is 19.6 Å². The van der Waals surface area contributed by atoms with Gasteiger partial charge in [-0.25, -0.2) is 0 Å². The molecule has 1 aromatic heterocycles. The number of carbonyl (C=O) groups excluding carboxylic acids is 1. The number of rotatable bonds is 5. The van der Waals surface area contributed by atoms with Crippen molar-refractivity contribution in [3.05, 3.63) is 57.1 Å². The Hall–Kier alpha value is -3.27. The Morgan fingerprint density at radius 2 is 2.07 bits per heavy atom. The maximum Gasteiger partial charge on any atom is 0.310 e. The van der Waals surface area contributed by atoms with Gasteiger partial charge in [0.15, 0.2) is 18.0 Å². The molecule has 0 unspecified atom stereocenters. The first-order chi connectivity index (χ1) is 12.9. The van der Waals surface area contributed by atoms with Crippen LogP contribution in [-0.4, -0.2) is 27.1 Å². The Balaban J connectivity index is 1.78. The van der Waals surface area contributed by atoms with E-state index in [1.165, 1.54) is 22.8 Å². The molecule has 0 fully saturated rings. The topological polar surface area (TPSA) is 119 Å². The highest BCUT2D eigenvalue weighted by Crippen LogP contribution is 2.39. The number of nitro benzene ring substituents is 1. The smallest absolute Gasteiger partial charge is 0.310 e. The molecule has 3 aromatic rings. The van der Waals surface area contributed by atoms with Gasteiger partial charge < -0.3 is 14.4 Å². The van der Waals surface area contributed by atoms with E-state index in [0.717, 1.165) is 4.47 Å². The number of aryl methyl sites for hydroxylation is 1. The standard InChI is InChI=1S/C17H13BrN4O5/c1-21-12-7-6-10(18)8-11(12)16(17(21)24)20-19-15(23)9-27-14-5-3-2-4-13(14)22(25)26/h2-8,24H,9H2,1H3. The predicted octanol–water partition coefficient (Wildman–Crippen LogP) is 4.24. The van der Waals surface area contributed by atoms with Crippen molar-refractivity contribution in [1.82, 2.24) is 4.57 Å². The number of nitrogens with zero attached hydrogens (tertiary/aromatic N) is 4. The van der Waals surface area contributed by atoms with Gasteiger partial charge in [-0.1, -0.05) is 28.1 Å². The van der Waals surface area contributed by atoms with Gasteiger partial charge in [-0.15, -0.1) is 10.2 Å². The van der Waals surface area contributed by atoms with Crippen molar-refractivity contribution in [2.45, 2.75) is 0 Å². The maximum atomic E-state index is 11.9. The minimum Gasteiger partial charge on any atom is -0.493 e. The number of nitro groups is 1. The quantitative estimate of drug-likeness (QED) is 0.367. The van der Waals surface area contributed by atoms with Crippen LogP contribution in [0.15, 0.2) is 57.2 Å². The Morgan fingerprint density at radius 3 is 2.81 bits per heavy atom. The summed E-state index contributed by atoms with van der Waals surface area (Å²) in [5.41, 5.74) is 0.611. The summed E-state index contributed by atoms with van der Waals surface area (Å²) >= 11 is 3.34. The van der Waals surface area contributed by atoms with Crippen molar-refractivity contribution in [1.29, 1.82) is 0 Å². The normalized spacial score (nSPS) is 11.2. The molecule has 0 spiro atoms. The van der Waals surface area contributed by atoms with Gasteiger partial charge in [0.05, 0.1) is 10.4 Å². The minimum atomic E-state index is -0.750. The van der Waals surface area contributed by atoms with Gasteiger partial charge in [0.2, 0.25) is 5.88 Å². The molecule has 0 atom stereocenters. The Labute approximate surface area is 161 Å². The van der Waals surface area contributed by atoms with Gasteiger partial charge in [0.25, 0.3) is 0 Å². The van der Waals surface area contributed by atoms with Crippen LogP contribution in [0.1, 0.15) is 0 Å². The third-order valence-corrected chi connectivity index (χ3v) is 4.27. The molecule has 0 bridgehead atoms. The fourth-order valence-corrected chi connectivity index (χ4v) is 2.85. The molecule has 138 valence electrons. The highest BCUT2D eigenvalue weighted by Gasteiger charge is 2.17. The average Bonchev–Trinajstić information content (AvgIpc) is 2.88. The molecule has 0 aliphatic carbocycles. The number of fused-ring (bicyclic) bond motifs is 1. The second kappa shape index (κ2) is 7.54. The number of para-hydroxylation sites is 2. The average molecular weight is 433 g/mol. The molecule has 27 heavy (non-hydrogen) atoms. The lowest BCUT2D eigenvalue weighted by molar-refractivity contribution is -0.385. The number of halogens is 1. The van der Waals surface area contributed by atoms with Crippen molar-refractivity contribution in [2.75, 3.05) is 6.61 Å². The highest BCUT2D eigenvalue weighted by molar-refractivity contribution is 9.10. The van der Waals surface area contributed by atoms with Crippen LogP contribution >= 0.6 is 15.9 Å². The second-order valence-electron chi connectivity index (χ2n) is 5.50. The molecule has 0 aliphatic rings. The number of aromatic nitrogens is 1. The van der Waals surface area contributed by atoms with Crippen molar-refractivity contribution in [3.63, 3.8) is 0 Å². The molecule has 2 aromatic carbocycles. The number of hydrogen-bond donors (Lipinski definition) is 1. The first-order valence-electron chi connectivity index (χ1n) is 7.66. The Bertz CT molecular complexity index is 1080. The second-order valence-corrected chi connectivity index (χ2v) is 6.42. The molecular formula is C17H13BrN4O5. The van der Waals surface area contributed by atoms with Crippen LogP contribution in [0.5, 0.6) is 11.6 Å². The molecule has 0 saturated heterocycles. The van der Waals surface area contributed by atoms with Crippen LogP contribution < -0.4 is 4.74 Å². The van der Waals surface area contributed by atoms with E-state index in [1.807, 2.05) is 6.07 Å². The summed E-state index contributed by atoms with van der Waals surface area (Å²) in [7, 11) is 1.66. The number of amides is 1. The summed E-state index contributed by atoms with van der Waals surface area (Å²) in [6.45, 7) is -0.524. The van der Waals surface area contributed by atoms with E-state index in [-0.39, 0.29) is 23.0 Å². The Morgan fingerprint density at radius 1 is 1.33 bits per heavy atom. The van der Waals surface area contributed by atoms with Gasteiger partial charge in [-0.2, -0.15) is 0 Å². The van der Waals surface area contributed by atoms with E-state index in [1.54, 1.807) is 25.2 Å². The first-order valence-corrected chi connectivity index (χ1v) is 8.45. The largest absolute Gasteiger partial charge is 0.493 e. The lowest BCUT2D eigenvalue weighted by Crippen LogP contribution is -2.09. The van der Waals surface area contributed by atoms with Crippen LogP contribution in [0.4, 0.5) is 11.4 Å². The van der Waals surface area contributed by atoms with Crippen molar-refractivity contribution in [3.8, 4) is 11.6 Å². The van der Waals surface area contributed by atoms with Crippen molar-refractivity contribution >= 4 is 44.1 Å². The van der Waals surface area contributed by atoms with E-state index in [4.69, 9.17) is 4.74 Å². The van der Waals surface area contributed by atoms with E-state index in [0.29, 0.717) is 10.9 Å². The summed E-state index contributed by atoms with van der Waals surface area (Å²) in [4.78, 5) is 22.3. The maximum absolute atomic E-state index is 11.9. The van der Waals surface area contributed by atoms with E-state index >= 15 is 0 Å². The van der Waals surface area contributed by atoms with Crippen LogP contribution in [0.25, 0.3) is 10.9 Å². The number of aromatic hydroxyl groups is 1. The Kier molecular flexibility index (Phi) is 5.17. The molecule has 1 amide bonds. The van der Waals surface area contributed by atoms with Crippen LogP contribution in [0.3, 0.4) is 0 Å². The summed E-state index contributed by atoms with van der Waals surface area (Å²) in [6.07, 6.45) is 0.